The third-order valence-corrected chi connectivity index (χ3v) is 2.99. The Hall–Kier alpha value is -1.49. The fourth-order valence-corrected chi connectivity index (χ4v) is 1.81. The lowest BCUT2D eigenvalue weighted by Gasteiger charge is -2.18. The SMILES string of the molecule is CCCC[C@H](N)C(=O)NC(C)c1ccc(F)cc1F. The highest BCUT2D eigenvalue weighted by Crippen LogP contribution is 2.17. The van der Waals surface area contributed by atoms with E-state index >= 15 is 0 Å². The normalized spacial score (nSPS) is 13.9. The second-order valence-corrected chi connectivity index (χ2v) is 4.64. The van der Waals surface area contributed by atoms with E-state index in [0.29, 0.717) is 6.42 Å². The summed E-state index contributed by atoms with van der Waals surface area (Å²) >= 11 is 0. The predicted molar refractivity (Wildman–Crippen MR) is 70.4 cm³/mol. The van der Waals surface area contributed by atoms with Gasteiger partial charge in [0.2, 0.25) is 5.91 Å². The molecule has 5 heteroatoms. The molecule has 3 nitrogen and oxygen atoms in total. The molecule has 1 aromatic rings. The molecule has 3 N–H and O–H groups in total. The Bertz CT molecular complexity index is 437. The first-order chi connectivity index (χ1) is 8.95. The molecule has 0 aliphatic carbocycles. The minimum absolute atomic E-state index is 0.248. The van der Waals surface area contributed by atoms with Crippen LogP contribution in [0.5, 0.6) is 0 Å². The summed E-state index contributed by atoms with van der Waals surface area (Å²) in [4.78, 5) is 11.8. The fraction of sp³-hybridized carbons (Fsp3) is 0.500. The number of hydrogen-bond donors (Lipinski definition) is 2. The molecule has 0 aliphatic heterocycles. The number of halogens is 2. The summed E-state index contributed by atoms with van der Waals surface area (Å²) < 4.78 is 26.3. The molecule has 19 heavy (non-hydrogen) atoms. The fourth-order valence-electron chi connectivity index (χ4n) is 1.81. The Morgan fingerprint density at radius 3 is 2.68 bits per heavy atom. The minimum atomic E-state index is -0.671. The van der Waals surface area contributed by atoms with E-state index in [1.165, 1.54) is 6.07 Å². The van der Waals surface area contributed by atoms with Crippen molar-refractivity contribution >= 4 is 5.91 Å². The number of amides is 1. The van der Waals surface area contributed by atoms with Crippen LogP contribution in [0.4, 0.5) is 8.78 Å². The summed E-state index contributed by atoms with van der Waals surface area (Å²) in [6.45, 7) is 3.65. The average molecular weight is 270 g/mol. The molecule has 1 aromatic carbocycles. The predicted octanol–water partition coefficient (Wildman–Crippen LogP) is 2.66. The van der Waals surface area contributed by atoms with E-state index < -0.39 is 23.7 Å². The van der Waals surface area contributed by atoms with Crippen molar-refractivity contribution in [3.8, 4) is 0 Å². The van der Waals surface area contributed by atoms with Crippen LogP contribution in [0.2, 0.25) is 0 Å². The number of carbonyl (C=O) groups is 1. The summed E-state index contributed by atoms with van der Waals surface area (Å²) in [7, 11) is 0. The first-order valence-corrected chi connectivity index (χ1v) is 6.46. The standard InChI is InChI=1S/C14H20F2N2O/c1-3-4-5-13(17)14(19)18-9(2)11-7-6-10(15)8-12(11)16/h6-9,13H,3-5,17H2,1-2H3,(H,18,19)/t9?,13-/m0/s1. The van der Waals surface area contributed by atoms with Gasteiger partial charge < -0.3 is 11.1 Å². The second-order valence-electron chi connectivity index (χ2n) is 4.64. The molecule has 1 unspecified atom stereocenters. The lowest BCUT2D eigenvalue weighted by Crippen LogP contribution is -2.41. The summed E-state index contributed by atoms with van der Waals surface area (Å²) in [6, 6.07) is 2.16. The van der Waals surface area contributed by atoms with Gasteiger partial charge in [0.15, 0.2) is 0 Å². The summed E-state index contributed by atoms with van der Waals surface area (Å²) in [6.07, 6.45) is 2.43. The molecule has 0 radical (unpaired) electrons. The van der Waals surface area contributed by atoms with E-state index in [-0.39, 0.29) is 11.5 Å². The van der Waals surface area contributed by atoms with Gasteiger partial charge in [-0.15, -0.1) is 0 Å². The minimum Gasteiger partial charge on any atom is -0.348 e. The van der Waals surface area contributed by atoms with Gasteiger partial charge in [0.05, 0.1) is 12.1 Å². The maximum Gasteiger partial charge on any atom is 0.237 e. The highest BCUT2D eigenvalue weighted by Gasteiger charge is 2.18. The average Bonchev–Trinajstić information content (AvgIpc) is 2.35. The second kappa shape index (κ2) is 7.19. The van der Waals surface area contributed by atoms with Crippen molar-refractivity contribution < 1.29 is 13.6 Å². The molecule has 1 rings (SSSR count). The highest BCUT2D eigenvalue weighted by molar-refractivity contribution is 5.81. The summed E-state index contributed by atoms with van der Waals surface area (Å²) in [5.74, 6) is -1.63. The van der Waals surface area contributed by atoms with Crippen LogP contribution in [0.1, 0.15) is 44.7 Å². The third kappa shape index (κ3) is 4.59. The molecule has 0 saturated carbocycles. The third-order valence-electron chi connectivity index (χ3n) is 2.99. The van der Waals surface area contributed by atoms with Gasteiger partial charge in [-0.3, -0.25) is 4.79 Å². The van der Waals surface area contributed by atoms with Crippen molar-refractivity contribution in [3.05, 3.63) is 35.4 Å². The van der Waals surface area contributed by atoms with E-state index in [9.17, 15) is 13.6 Å². The number of rotatable bonds is 6. The van der Waals surface area contributed by atoms with Gasteiger partial charge in [-0.25, -0.2) is 8.78 Å². The maximum absolute atomic E-state index is 13.5. The molecule has 0 fully saturated rings. The van der Waals surface area contributed by atoms with Gasteiger partial charge in [-0.1, -0.05) is 25.8 Å². The Labute approximate surface area is 112 Å². The Kier molecular flexibility index (Phi) is 5.89. The van der Waals surface area contributed by atoms with E-state index in [4.69, 9.17) is 5.73 Å². The van der Waals surface area contributed by atoms with Crippen LogP contribution in [-0.4, -0.2) is 11.9 Å². The van der Waals surface area contributed by atoms with Crippen LogP contribution < -0.4 is 11.1 Å². The lowest BCUT2D eigenvalue weighted by atomic mass is 10.1. The number of hydrogen-bond acceptors (Lipinski definition) is 2. The first-order valence-electron chi connectivity index (χ1n) is 6.46. The van der Waals surface area contributed by atoms with Gasteiger partial charge in [-0.2, -0.15) is 0 Å². The van der Waals surface area contributed by atoms with Crippen LogP contribution in [0.15, 0.2) is 18.2 Å². The first kappa shape index (κ1) is 15.6. The van der Waals surface area contributed by atoms with Gasteiger partial charge in [-0.05, 0) is 19.4 Å². The molecule has 1 amide bonds. The molecular weight excluding hydrogens is 250 g/mol. The summed E-state index contributed by atoms with van der Waals surface area (Å²) in [5, 5.41) is 2.64. The Balaban J connectivity index is 2.63. The molecular formula is C14H20F2N2O. The van der Waals surface area contributed by atoms with Crippen molar-refractivity contribution in [1.82, 2.24) is 5.32 Å². The Morgan fingerprint density at radius 2 is 2.11 bits per heavy atom. The zero-order valence-corrected chi connectivity index (χ0v) is 11.2. The maximum atomic E-state index is 13.5. The van der Waals surface area contributed by atoms with Gasteiger partial charge in [0.25, 0.3) is 0 Å². The smallest absolute Gasteiger partial charge is 0.237 e. The zero-order valence-electron chi connectivity index (χ0n) is 11.2. The monoisotopic (exact) mass is 270 g/mol. The molecule has 0 aliphatic rings. The molecule has 0 aromatic heterocycles. The van der Waals surface area contributed by atoms with Crippen molar-refractivity contribution in [2.45, 2.75) is 45.2 Å². The quantitative estimate of drug-likeness (QED) is 0.835. The number of nitrogens with one attached hydrogen (secondary N) is 1. The molecule has 0 bridgehead atoms. The van der Waals surface area contributed by atoms with E-state index in [1.807, 2.05) is 6.92 Å². The lowest BCUT2D eigenvalue weighted by molar-refractivity contribution is -0.123. The highest BCUT2D eigenvalue weighted by atomic mass is 19.1. The number of benzene rings is 1. The van der Waals surface area contributed by atoms with Crippen molar-refractivity contribution in [2.75, 3.05) is 0 Å². The molecule has 0 spiro atoms. The van der Waals surface area contributed by atoms with Crippen molar-refractivity contribution in [1.29, 1.82) is 0 Å². The molecule has 0 saturated heterocycles. The van der Waals surface area contributed by atoms with Crippen LogP contribution >= 0.6 is 0 Å². The van der Waals surface area contributed by atoms with Crippen LogP contribution in [0.25, 0.3) is 0 Å². The van der Waals surface area contributed by atoms with Crippen LogP contribution in [-0.2, 0) is 4.79 Å². The van der Waals surface area contributed by atoms with E-state index in [0.717, 1.165) is 25.0 Å². The largest absolute Gasteiger partial charge is 0.348 e. The van der Waals surface area contributed by atoms with Crippen molar-refractivity contribution in [3.63, 3.8) is 0 Å². The Morgan fingerprint density at radius 1 is 1.42 bits per heavy atom. The van der Waals surface area contributed by atoms with E-state index in [1.54, 1.807) is 6.92 Å². The van der Waals surface area contributed by atoms with Gasteiger partial charge >= 0.3 is 0 Å². The number of carbonyl (C=O) groups excluding carboxylic acids is 1. The van der Waals surface area contributed by atoms with Crippen LogP contribution in [0.3, 0.4) is 0 Å². The summed E-state index contributed by atoms with van der Waals surface area (Å²) in [5.41, 5.74) is 5.97. The number of nitrogens with two attached hydrogens (primary N) is 1. The van der Waals surface area contributed by atoms with Crippen molar-refractivity contribution in [2.24, 2.45) is 5.73 Å². The number of unbranched alkanes of at least 4 members (excludes halogenated alkanes) is 1. The molecule has 2 atom stereocenters. The van der Waals surface area contributed by atoms with E-state index in [2.05, 4.69) is 5.32 Å². The molecule has 0 heterocycles. The van der Waals surface area contributed by atoms with Crippen LogP contribution in [0, 0.1) is 11.6 Å². The van der Waals surface area contributed by atoms with Gasteiger partial charge in [0.1, 0.15) is 11.6 Å². The van der Waals surface area contributed by atoms with Gasteiger partial charge in [0, 0.05) is 11.6 Å². The molecule has 106 valence electrons. The zero-order chi connectivity index (χ0) is 14.4. The topological polar surface area (TPSA) is 55.1 Å².